The van der Waals surface area contributed by atoms with Crippen LogP contribution < -0.4 is 5.32 Å². The lowest BCUT2D eigenvalue weighted by Gasteiger charge is -2.33. The van der Waals surface area contributed by atoms with Gasteiger partial charge in [-0.15, -0.1) is 0 Å². The van der Waals surface area contributed by atoms with Crippen LogP contribution in [0.3, 0.4) is 0 Å². The molecule has 148 valence electrons. The van der Waals surface area contributed by atoms with Gasteiger partial charge in [0.1, 0.15) is 0 Å². The van der Waals surface area contributed by atoms with Crippen molar-refractivity contribution in [2.45, 2.75) is 57.5 Å². The number of fused-ring (bicyclic) bond motifs is 1. The van der Waals surface area contributed by atoms with E-state index in [0.717, 1.165) is 31.2 Å². The van der Waals surface area contributed by atoms with Crippen molar-refractivity contribution in [2.24, 2.45) is 17.8 Å². The van der Waals surface area contributed by atoms with Crippen molar-refractivity contribution >= 4 is 17.7 Å². The number of hydrogen-bond donors (Lipinski definition) is 1. The third-order valence-electron chi connectivity index (χ3n) is 6.63. The molecule has 0 spiro atoms. The van der Waals surface area contributed by atoms with E-state index in [9.17, 15) is 14.4 Å². The second kappa shape index (κ2) is 7.90. The highest BCUT2D eigenvalue weighted by molar-refractivity contribution is 6.05. The van der Waals surface area contributed by atoms with Gasteiger partial charge < -0.3 is 5.32 Å². The van der Waals surface area contributed by atoms with Crippen LogP contribution in [0.4, 0.5) is 0 Å². The lowest BCUT2D eigenvalue weighted by atomic mass is 9.84. The number of carbonyl (C=O) groups is 3. The van der Waals surface area contributed by atoms with E-state index in [-0.39, 0.29) is 47.6 Å². The van der Waals surface area contributed by atoms with Gasteiger partial charge in [-0.2, -0.15) is 0 Å². The highest BCUT2D eigenvalue weighted by Gasteiger charge is 2.50. The highest BCUT2D eigenvalue weighted by atomic mass is 16.2. The van der Waals surface area contributed by atoms with Gasteiger partial charge in [0.05, 0.1) is 17.9 Å². The molecule has 2 fully saturated rings. The number of likely N-dealkylation sites (tertiary alicyclic amines) is 1. The van der Waals surface area contributed by atoms with Gasteiger partial charge in [-0.3, -0.25) is 19.3 Å². The van der Waals surface area contributed by atoms with Gasteiger partial charge in [0.2, 0.25) is 17.7 Å². The summed E-state index contributed by atoms with van der Waals surface area (Å²) in [5, 5.41) is 3.11. The fourth-order valence-corrected chi connectivity index (χ4v) is 4.94. The Hall–Kier alpha value is -2.43. The van der Waals surface area contributed by atoms with Crippen molar-refractivity contribution in [3.8, 4) is 0 Å². The van der Waals surface area contributed by atoms with Crippen LogP contribution >= 0.6 is 0 Å². The molecule has 1 aromatic carbocycles. The molecular formula is C23H28N2O3. The number of amides is 3. The molecule has 1 N–H and O–H groups in total. The molecule has 3 aliphatic rings. The number of hydrogen-bond acceptors (Lipinski definition) is 3. The first kappa shape index (κ1) is 18.9. The van der Waals surface area contributed by atoms with E-state index in [1.165, 1.54) is 0 Å². The number of benzene rings is 1. The van der Waals surface area contributed by atoms with Crippen molar-refractivity contribution in [3.05, 3.63) is 48.0 Å². The van der Waals surface area contributed by atoms with Gasteiger partial charge in [0.25, 0.3) is 0 Å². The second-order valence-corrected chi connectivity index (χ2v) is 8.35. The number of nitrogens with zero attached hydrogens (tertiary/aromatic N) is 1. The average Bonchev–Trinajstić information content (AvgIpc) is 2.99. The lowest BCUT2D eigenvalue weighted by Crippen LogP contribution is -2.44. The quantitative estimate of drug-likeness (QED) is 0.643. The van der Waals surface area contributed by atoms with Crippen LogP contribution in [0, 0.1) is 17.8 Å². The summed E-state index contributed by atoms with van der Waals surface area (Å²) in [4.78, 5) is 39.7. The van der Waals surface area contributed by atoms with Crippen molar-refractivity contribution in [1.29, 1.82) is 0 Å². The standard InChI is InChI=1S/C23H28N2O3/c1-15(16-7-3-2-4-8-16)24-21(26)17-11-13-18(14-12-17)25-22(27)19-9-5-6-10-20(19)23(25)28/h2-8,15,17-20H,9-14H2,1H3,(H,24,26)/t15-,17?,18?,19+,20+/m1/s1. The third kappa shape index (κ3) is 3.50. The van der Waals surface area contributed by atoms with Crippen molar-refractivity contribution < 1.29 is 14.4 Å². The summed E-state index contributed by atoms with van der Waals surface area (Å²) in [6.45, 7) is 2.00. The normalized spacial score (nSPS) is 30.8. The van der Waals surface area contributed by atoms with E-state index in [0.29, 0.717) is 12.8 Å². The smallest absolute Gasteiger partial charge is 0.233 e. The molecule has 0 bridgehead atoms. The summed E-state index contributed by atoms with van der Waals surface area (Å²) in [6, 6.07) is 9.87. The van der Waals surface area contributed by atoms with Crippen LogP contribution in [-0.4, -0.2) is 28.7 Å². The van der Waals surface area contributed by atoms with E-state index < -0.39 is 0 Å². The van der Waals surface area contributed by atoms with Crippen LogP contribution in [0.15, 0.2) is 42.5 Å². The Morgan fingerprint density at radius 1 is 0.964 bits per heavy atom. The molecule has 28 heavy (non-hydrogen) atoms. The third-order valence-corrected chi connectivity index (χ3v) is 6.63. The first-order chi connectivity index (χ1) is 13.6. The Morgan fingerprint density at radius 2 is 1.54 bits per heavy atom. The summed E-state index contributed by atoms with van der Waals surface area (Å²) < 4.78 is 0. The van der Waals surface area contributed by atoms with Gasteiger partial charge in [-0.25, -0.2) is 0 Å². The maximum absolute atomic E-state index is 12.8. The van der Waals surface area contributed by atoms with Crippen LogP contribution in [0.25, 0.3) is 0 Å². The fraction of sp³-hybridized carbons (Fsp3) is 0.522. The Labute approximate surface area is 166 Å². The fourth-order valence-electron chi connectivity index (χ4n) is 4.94. The zero-order chi connectivity index (χ0) is 19.7. The molecule has 0 unspecified atom stereocenters. The van der Waals surface area contributed by atoms with E-state index >= 15 is 0 Å². The molecule has 0 radical (unpaired) electrons. The maximum atomic E-state index is 12.8. The Kier molecular flexibility index (Phi) is 5.33. The average molecular weight is 380 g/mol. The molecule has 0 aromatic heterocycles. The zero-order valence-electron chi connectivity index (χ0n) is 16.3. The van der Waals surface area contributed by atoms with Gasteiger partial charge >= 0.3 is 0 Å². The number of nitrogens with one attached hydrogen (secondary N) is 1. The largest absolute Gasteiger partial charge is 0.349 e. The van der Waals surface area contributed by atoms with Crippen molar-refractivity contribution in [2.75, 3.05) is 0 Å². The zero-order valence-corrected chi connectivity index (χ0v) is 16.3. The lowest BCUT2D eigenvalue weighted by molar-refractivity contribution is -0.143. The molecule has 2 aliphatic carbocycles. The highest BCUT2D eigenvalue weighted by Crippen LogP contribution is 2.39. The molecule has 1 aromatic rings. The molecule has 5 heteroatoms. The van der Waals surface area contributed by atoms with Crippen molar-refractivity contribution in [1.82, 2.24) is 10.2 Å². The molecule has 3 atom stereocenters. The Balaban J connectivity index is 1.33. The molecular weight excluding hydrogens is 352 g/mol. The van der Waals surface area contributed by atoms with Crippen LogP contribution in [0.1, 0.15) is 57.1 Å². The number of rotatable bonds is 4. The molecule has 4 rings (SSSR count). The molecule has 1 heterocycles. The molecule has 1 saturated heterocycles. The van der Waals surface area contributed by atoms with Gasteiger partial charge in [0.15, 0.2) is 0 Å². The predicted molar refractivity (Wildman–Crippen MR) is 106 cm³/mol. The predicted octanol–water partition coefficient (Wildman–Crippen LogP) is 3.37. The SMILES string of the molecule is C[C@@H](NC(=O)C1CCC(N2C(=O)[C@H]3CC=CC[C@@H]3C2=O)CC1)c1ccccc1. The monoisotopic (exact) mass is 380 g/mol. The summed E-state index contributed by atoms with van der Waals surface area (Å²) in [5.74, 6) is -0.281. The van der Waals surface area contributed by atoms with E-state index in [4.69, 9.17) is 0 Å². The van der Waals surface area contributed by atoms with E-state index in [2.05, 4.69) is 5.32 Å². The number of imide groups is 1. The van der Waals surface area contributed by atoms with Gasteiger partial charge in [0, 0.05) is 12.0 Å². The molecule has 1 aliphatic heterocycles. The summed E-state index contributed by atoms with van der Waals surface area (Å²) in [6.07, 6.45) is 8.30. The minimum Gasteiger partial charge on any atom is -0.349 e. The van der Waals surface area contributed by atoms with Gasteiger partial charge in [-0.1, -0.05) is 42.5 Å². The van der Waals surface area contributed by atoms with E-state index in [1.807, 2.05) is 49.4 Å². The van der Waals surface area contributed by atoms with Gasteiger partial charge in [-0.05, 0) is 51.0 Å². The summed E-state index contributed by atoms with van der Waals surface area (Å²) in [5.41, 5.74) is 1.09. The number of carbonyl (C=O) groups excluding carboxylic acids is 3. The number of allylic oxidation sites excluding steroid dienone is 2. The minimum absolute atomic E-state index is 0.00458. The molecule has 3 amide bonds. The second-order valence-electron chi connectivity index (χ2n) is 8.35. The summed E-state index contributed by atoms with van der Waals surface area (Å²) >= 11 is 0. The van der Waals surface area contributed by atoms with E-state index in [1.54, 1.807) is 4.90 Å². The molecule has 1 saturated carbocycles. The maximum Gasteiger partial charge on any atom is 0.233 e. The van der Waals surface area contributed by atoms with Crippen LogP contribution in [0.2, 0.25) is 0 Å². The Morgan fingerprint density at radius 3 is 2.11 bits per heavy atom. The first-order valence-corrected chi connectivity index (χ1v) is 10.4. The Bertz CT molecular complexity index is 754. The van der Waals surface area contributed by atoms with Crippen LogP contribution in [-0.2, 0) is 14.4 Å². The molecule has 5 nitrogen and oxygen atoms in total. The first-order valence-electron chi connectivity index (χ1n) is 10.4. The van der Waals surface area contributed by atoms with Crippen molar-refractivity contribution in [3.63, 3.8) is 0 Å². The minimum atomic E-state index is -0.162. The topological polar surface area (TPSA) is 66.5 Å². The summed E-state index contributed by atoms with van der Waals surface area (Å²) in [7, 11) is 0. The van der Waals surface area contributed by atoms with Crippen LogP contribution in [0.5, 0.6) is 0 Å².